The molecule has 40 heavy (non-hydrogen) atoms. The lowest BCUT2D eigenvalue weighted by Gasteiger charge is -2.13. The highest BCUT2D eigenvalue weighted by molar-refractivity contribution is 7.99. The summed E-state index contributed by atoms with van der Waals surface area (Å²) in [5.74, 6) is -1.76. The number of rotatable bonds is 11. The van der Waals surface area contributed by atoms with Gasteiger partial charge in [0, 0.05) is 12.1 Å². The summed E-state index contributed by atoms with van der Waals surface area (Å²) in [6, 6.07) is 23.6. The summed E-state index contributed by atoms with van der Waals surface area (Å²) in [6.07, 6.45) is 0. The van der Waals surface area contributed by atoms with Crippen LogP contribution in [0, 0.1) is 30.3 Å². The SMILES string of the molecule is O=C(OCc1ccccc1)c1c([N+](=O)[O-])c(OCc2ccccc2)cc(Sc2ccccc2[N+](=O)[O-])c1[N+](=O)[O-]. The van der Waals surface area contributed by atoms with Crippen LogP contribution in [0.2, 0.25) is 0 Å². The standard InChI is InChI=1S/C27H19N3O9S/c31-27(39-17-19-11-5-2-6-12-19)24-25(29(34)35)21(38-16-18-9-3-1-4-10-18)15-23(26(24)30(36)37)40-22-14-8-7-13-20(22)28(32)33/h1-15H,16-17H2. The Morgan fingerprint density at radius 3 is 1.80 bits per heavy atom. The van der Waals surface area contributed by atoms with Gasteiger partial charge in [-0.3, -0.25) is 30.3 Å². The van der Waals surface area contributed by atoms with E-state index in [1.165, 1.54) is 24.3 Å². The molecule has 12 nitrogen and oxygen atoms in total. The van der Waals surface area contributed by atoms with E-state index in [2.05, 4.69) is 0 Å². The van der Waals surface area contributed by atoms with Gasteiger partial charge in [-0.25, -0.2) is 4.79 Å². The number of hydrogen-bond acceptors (Lipinski definition) is 10. The van der Waals surface area contributed by atoms with E-state index in [0.717, 1.165) is 6.07 Å². The quantitative estimate of drug-likeness (QED) is 0.112. The van der Waals surface area contributed by atoms with Crippen LogP contribution in [0.25, 0.3) is 0 Å². The van der Waals surface area contributed by atoms with Gasteiger partial charge in [0.25, 0.3) is 5.69 Å². The first-order chi connectivity index (χ1) is 19.3. The second-order valence-electron chi connectivity index (χ2n) is 8.12. The monoisotopic (exact) mass is 561 g/mol. The third-order valence-corrected chi connectivity index (χ3v) is 6.60. The number of para-hydroxylation sites is 1. The Kier molecular flexibility index (Phi) is 8.66. The van der Waals surface area contributed by atoms with Gasteiger partial charge in [0.05, 0.1) is 24.6 Å². The first-order valence-electron chi connectivity index (χ1n) is 11.5. The van der Waals surface area contributed by atoms with Crippen LogP contribution in [0.4, 0.5) is 17.1 Å². The Morgan fingerprint density at radius 1 is 0.675 bits per heavy atom. The lowest BCUT2D eigenvalue weighted by Crippen LogP contribution is -2.14. The Labute approximate surface area is 230 Å². The maximum atomic E-state index is 13.3. The van der Waals surface area contributed by atoms with Gasteiger partial charge in [0.1, 0.15) is 13.2 Å². The van der Waals surface area contributed by atoms with Crippen molar-refractivity contribution in [1.29, 1.82) is 0 Å². The van der Waals surface area contributed by atoms with Crippen molar-refractivity contribution in [2.24, 2.45) is 0 Å². The van der Waals surface area contributed by atoms with Gasteiger partial charge < -0.3 is 9.47 Å². The minimum Gasteiger partial charge on any atom is -0.482 e. The van der Waals surface area contributed by atoms with Crippen molar-refractivity contribution in [2.75, 3.05) is 0 Å². The normalized spacial score (nSPS) is 10.5. The Balaban J connectivity index is 1.87. The van der Waals surface area contributed by atoms with E-state index in [4.69, 9.17) is 9.47 Å². The van der Waals surface area contributed by atoms with Crippen LogP contribution in [-0.2, 0) is 18.0 Å². The van der Waals surface area contributed by atoms with Gasteiger partial charge in [0.15, 0.2) is 5.75 Å². The maximum Gasteiger partial charge on any atom is 0.352 e. The van der Waals surface area contributed by atoms with E-state index in [0.29, 0.717) is 22.9 Å². The molecule has 4 aromatic rings. The number of carbonyl (C=O) groups is 1. The molecule has 0 aliphatic rings. The summed E-state index contributed by atoms with van der Waals surface area (Å²) >= 11 is 0.606. The van der Waals surface area contributed by atoms with E-state index in [1.807, 2.05) is 0 Å². The predicted molar refractivity (Wildman–Crippen MR) is 143 cm³/mol. The van der Waals surface area contributed by atoms with Crippen molar-refractivity contribution >= 4 is 34.8 Å². The van der Waals surface area contributed by atoms with Crippen LogP contribution < -0.4 is 4.74 Å². The van der Waals surface area contributed by atoms with Crippen LogP contribution in [0.3, 0.4) is 0 Å². The fourth-order valence-corrected chi connectivity index (χ4v) is 4.77. The average Bonchev–Trinajstić information content (AvgIpc) is 2.95. The molecule has 0 aromatic heterocycles. The first kappa shape index (κ1) is 27.7. The fourth-order valence-electron chi connectivity index (χ4n) is 3.70. The van der Waals surface area contributed by atoms with Gasteiger partial charge in [-0.05, 0) is 17.2 Å². The minimum absolute atomic E-state index is 0.0158. The molecule has 4 rings (SSSR count). The van der Waals surface area contributed by atoms with E-state index < -0.39 is 43.4 Å². The zero-order chi connectivity index (χ0) is 28.6. The molecule has 0 saturated heterocycles. The molecule has 0 radical (unpaired) electrons. The molecule has 0 N–H and O–H groups in total. The molecule has 202 valence electrons. The largest absolute Gasteiger partial charge is 0.482 e. The molecule has 13 heteroatoms. The highest BCUT2D eigenvalue weighted by Gasteiger charge is 2.40. The van der Waals surface area contributed by atoms with Crippen molar-refractivity contribution in [1.82, 2.24) is 0 Å². The van der Waals surface area contributed by atoms with E-state index >= 15 is 0 Å². The van der Waals surface area contributed by atoms with Crippen molar-refractivity contribution in [3.63, 3.8) is 0 Å². The number of carbonyl (C=O) groups excluding carboxylic acids is 1. The number of esters is 1. The predicted octanol–water partition coefficient (Wildman–Crippen LogP) is 6.50. The van der Waals surface area contributed by atoms with Crippen molar-refractivity contribution in [3.8, 4) is 5.75 Å². The number of nitro benzene ring substituents is 3. The zero-order valence-electron chi connectivity index (χ0n) is 20.5. The van der Waals surface area contributed by atoms with Crippen LogP contribution >= 0.6 is 11.8 Å². The van der Waals surface area contributed by atoms with Crippen LogP contribution in [0.15, 0.2) is 101 Å². The lowest BCUT2D eigenvalue weighted by atomic mass is 10.1. The molecular formula is C27H19N3O9S. The summed E-state index contributed by atoms with van der Waals surface area (Å²) < 4.78 is 11.0. The number of benzene rings is 4. The lowest BCUT2D eigenvalue weighted by molar-refractivity contribution is -0.397. The van der Waals surface area contributed by atoms with E-state index in [-0.39, 0.29) is 28.7 Å². The summed E-state index contributed by atoms with van der Waals surface area (Å²) in [5.41, 5.74) is -1.98. The summed E-state index contributed by atoms with van der Waals surface area (Å²) in [6.45, 7) is -0.469. The first-order valence-corrected chi connectivity index (χ1v) is 12.4. The Morgan fingerprint density at radius 2 is 1.23 bits per heavy atom. The van der Waals surface area contributed by atoms with E-state index in [1.54, 1.807) is 60.7 Å². The highest BCUT2D eigenvalue weighted by Crippen LogP contribution is 2.47. The van der Waals surface area contributed by atoms with Gasteiger partial charge >= 0.3 is 17.3 Å². The van der Waals surface area contributed by atoms with Gasteiger partial charge in [0.2, 0.25) is 5.56 Å². The molecular weight excluding hydrogens is 542 g/mol. The fraction of sp³-hybridized carbons (Fsp3) is 0.0741. The van der Waals surface area contributed by atoms with Crippen LogP contribution in [-0.4, -0.2) is 20.7 Å². The molecule has 0 spiro atoms. The molecule has 0 unspecified atom stereocenters. The van der Waals surface area contributed by atoms with Crippen molar-refractivity contribution in [3.05, 3.63) is 138 Å². The third-order valence-electron chi connectivity index (χ3n) is 5.50. The smallest absolute Gasteiger partial charge is 0.352 e. The Bertz CT molecular complexity index is 1580. The molecule has 0 atom stereocenters. The van der Waals surface area contributed by atoms with Crippen LogP contribution in [0.5, 0.6) is 5.75 Å². The summed E-state index contributed by atoms with van der Waals surface area (Å²) in [4.78, 5) is 46.5. The van der Waals surface area contributed by atoms with Crippen molar-refractivity contribution < 1.29 is 29.0 Å². The second kappa shape index (κ2) is 12.5. The number of nitro groups is 3. The third kappa shape index (κ3) is 6.39. The van der Waals surface area contributed by atoms with E-state index in [9.17, 15) is 35.1 Å². The van der Waals surface area contributed by atoms with Gasteiger partial charge in [-0.2, -0.15) is 0 Å². The number of nitrogens with zero attached hydrogens (tertiary/aromatic N) is 3. The Hall–Kier alpha value is -5.30. The van der Waals surface area contributed by atoms with Gasteiger partial charge in [-0.1, -0.05) is 84.6 Å². The zero-order valence-corrected chi connectivity index (χ0v) is 21.3. The molecule has 0 amide bonds. The second-order valence-corrected chi connectivity index (χ2v) is 9.21. The molecule has 0 aliphatic carbocycles. The minimum atomic E-state index is -1.32. The molecule has 0 saturated carbocycles. The average molecular weight is 562 g/mol. The molecule has 0 fully saturated rings. The topological polar surface area (TPSA) is 165 Å². The number of ether oxygens (including phenoxy) is 2. The summed E-state index contributed by atoms with van der Waals surface area (Å²) in [5, 5.41) is 36.1. The maximum absolute atomic E-state index is 13.3. The number of hydrogen-bond donors (Lipinski definition) is 0. The molecule has 0 bridgehead atoms. The highest BCUT2D eigenvalue weighted by atomic mass is 32.2. The van der Waals surface area contributed by atoms with Crippen LogP contribution in [0.1, 0.15) is 21.5 Å². The summed E-state index contributed by atoms with van der Waals surface area (Å²) in [7, 11) is 0. The molecule has 0 heterocycles. The van der Waals surface area contributed by atoms with Crippen molar-refractivity contribution in [2.45, 2.75) is 23.0 Å². The molecule has 4 aromatic carbocycles. The molecule has 0 aliphatic heterocycles. The van der Waals surface area contributed by atoms with Gasteiger partial charge in [-0.15, -0.1) is 0 Å².